The normalized spacial score (nSPS) is 16.0. The quantitative estimate of drug-likeness (QED) is 0.737. The average Bonchev–Trinajstić information content (AvgIpc) is 3.28. The van der Waals surface area contributed by atoms with Crippen molar-refractivity contribution in [2.24, 2.45) is 0 Å². The fourth-order valence-electron chi connectivity index (χ4n) is 3.54. The lowest BCUT2D eigenvalue weighted by atomic mass is 10.0. The van der Waals surface area contributed by atoms with Crippen LogP contribution < -0.4 is 0 Å². The molecule has 3 aromatic rings. The van der Waals surface area contributed by atoms with Crippen LogP contribution in [-0.2, 0) is 0 Å². The van der Waals surface area contributed by atoms with Gasteiger partial charge in [-0.1, -0.05) is 6.07 Å². The first-order chi connectivity index (χ1) is 12.1. The molecular formula is C19H23N5O. The lowest BCUT2D eigenvalue weighted by Gasteiger charge is -2.34. The number of hydrogen-bond acceptors (Lipinski definition) is 3. The smallest absolute Gasteiger partial charge is 0.274 e. The standard InChI is InChI=1S/C19H23N5O/c1-21(2)15-8-12-22(13-9-15)19(25)17-10-14-24(20-17)18-7-6-16-5-3-4-11-23(16)18/h3-7,10-11,14-15H,8-9,12-13H2,1-2H3. The van der Waals surface area contributed by atoms with Gasteiger partial charge in [-0.15, -0.1) is 0 Å². The van der Waals surface area contributed by atoms with Crippen LogP contribution >= 0.6 is 0 Å². The van der Waals surface area contributed by atoms with Gasteiger partial charge >= 0.3 is 0 Å². The van der Waals surface area contributed by atoms with E-state index in [0.717, 1.165) is 37.3 Å². The van der Waals surface area contributed by atoms with Crippen molar-refractivity contribution in [3.63, 3.8) is 0 Å². The van der Waals surface area contributed by atoms with Gasteiger partial charge in [0.15, 0.2) is 5.69 Å². The number of fused-ring (bicyclic) bond motifs is 1. The molecule has 0 saturated carbocycles. The summed E-state index contributed by atoms with van der Waals surface area (Å²) in [5, 5.41) is 4.53. The maximum Gasteiger partial charge on any atom is 0.274 e. The van der Waals surface area contributed by atoms with Gasteiger partial charge in [-0.25, -0.2) is 4.68 Å². The molecule has 6 heteroatoms. The van der Waals surface area contributed by atoms with Gasteiger partial charge < -0.3 is 14.2 Å². The molecule has 130 valence electrons. The summed E-state index contributed by atoms with van der Waals surface area (Å²) in [4.78, 5) is 16.9. The Morgan fingerprint density at radius 3 is 2.64 bits per heavy atom. The Balaban J connectivity index is 1.52. The molecule has 0 atom stereocenters. The highest BCUT2D eigenvalue weighted by atomic mass is 16.2. The van der Waals surface area contributed by atoms with Gasteiger partial charge in [0.1, 0.15) is 5.82 Å². The number of carbonyl (C=O) groups is 1. The minimum absolute atomic E-state index is 0.0248. The Hall–Kier alpha value is -2.60. The van der Waals surface area contributed by atoms with Gasteiger partial charge in [-0.3, -0.25) is 4.79 Å². The van der Waals surface area contributed by atoms with Crippen LogP contribution in [-0.4, -0.2) is 63.1 Å². The molecule has 1 aliphatic heterocycles. The average molecular weight is 337 g/mol. The Morgan fingerprint density at radius 2 is 1.88 bits per heavy atom. The number of hydrogen-bond donors (Lipinski definition) is 0. The minimum Gasteiger partial charge on any atom is -0.337 e. The number of nitrogens with zero attached hydrogens (tertiary/aromatic N) is 5. The molecule has 0 unspecified atom stereocenters. The van der Waals surface area contributed by atoms with Gasteiger partial charge in [0.2, 0.25) is 0 Å². The van der Waals surface area contributed by atoms with Crippen molar-refractivity contribution in [3.8, 4) is 5.82 Å². The van der Waals surface area contributed by atoms with Crippen molar-refractivity contribution in [1.82, 2.24) is 24.0 Å². The summed E-state index contributed by atoms with van der Waals surface area (Å²) in [5.74, 6) is 0.956. The third-order valence-electron chi connectivity index (χ3n) is 5.07. The first-order valence-corrected chi connectivity index (χ1v) is 8.71. The summed E-state index contributed by atoms with van der Waals surface area (Å²) in [6.45, 7) is 1.59. The second-order valence-corrected chi connectivity index (χ2v) is 6.82. The molecule has 0 aromatic carbocycles. The van der Waals surface area contributed by atoms with Gasteiger partial charge in [-0.05, 0) is 57.3 Å². The monoisotopic (exact) mass is 337 g/mol. The van der Waals surface area contributed by atoms with Crippen molar-refractivity contribution in [3.05, 3.63) is 54.5 Å². The summed E-state index contributed by atoms with van der Waals surface area (Å²) in [6, 6.07) is 12.5. The van der Waals surface area contributed by atoms with Crippen molar-refractivity contribution in [2.45, 2.75) is 18.9 Å². The maximum absolute atomic E-state index is 12.8. The Labute approximate surface area is 147 Å². The van der Waals surface area contributed by atoms with E-state index < -0.39 is 0 Å². The molecule has 0 spiro atoms. The molecule has 6 nitrogen and oxygen atoms in total. The molecule has 1 aliphatic rings. The van der Waals surface area contributed by atoms with Gasteiger partial charge in [0.25, 0.3) is 5.91 Å². The zero-order valence-electron chi connectivity index (χ0n) is 14.7. The van der Waals surface area contributed by atoms with E-state index in [1.165, 1.54) is 0 Å². The van der Waals surface area contributed by atoms with E-state index in [-0.39, 0.29) is 5.91 Å². The fourth-order valence-corrected chi connectivity index (χ4v) is 3.54. The van der Waals surface area contributed by atoms with Gasteiger partial charge in [0.05, 0.1) is 0 Å². The molecule has 1 saturated heterocycles. The third kappa shape index (κ3) is 2.93. The van der Waals surface area contributed by atoms with Crippen molar-refractivity contribution in [2.75, 3.05) is 27.2 Å². The zero-order valence-corrected chi connectivity index (χ0v) is 14.7. The highest BCUT2D eigenvalue weighted by molar-refractivity contribution is 5.92. The lowest BCUT2D eigenvalue weighted by Crippen LogP contribution is -2.44. The number of aromatic nitrogens is 3. The predicted molar refractivity (Wildman–Crippen MR) is 97.1 cm³/mol. The second kappa shape index (κ2) is 6.37. The fraction of sp³-hybridized carbons (Fsp3) is 0.368. The number of pyridine rings is 1. The van der Waals surface area contributed by atoms with Crippen LogP contribution in [0, 0.1) is 0 Å². The Morgan fingerprint density at radius 1 is 1.08 bits per heavy atom. The lowest BCUT2D eigenvalue weighted by molar-refractivity contribution is 0.0657. The van der Waals surface area contributed by atoms with Crippen LogP contribution in [0.4, 0.5) is 0 Å². The molecule has 1 amide bonds. The molecule has 0 N–H and O–H groups in total. The molecule has 4 rings (SSSR count). The second-order valence-electron chi connectivity index (χ2n) is 6.82. The topological polar surface area (TPSA) is 45.8 Å². The van der Waals surface area contributed by atoms with E-state index in [0.29, 0.717) is 11.7 Å². The molecule has 3 aromatic heterocycles. The first kappa shape index (κ1) is 15.9. The molecule has 1 fully saturated rings. The van der Waals surface area contributed by atoms with Crippen molar-refractivity contribution < 1.29 is 4.79 Å². The molecule has 0 bridgehead atoms. The minimum atomic E-state index is 0.0248. The molecular weight excluding hydrogens is 314 g/mol. The third-order valence-corrected chi connectivity index (χ3v) is 5.07. The van der Waals surface area contributed by atoms with E-state index in [1.54, 1.807) is 4.68 Å². The van der Waals surface area contributed by atoms with Crippen LogP contribution in [0.3, 0.4) is 0 Å². The predicted octanol–water partition coefficient (Wildman–Crippen LogP) is 2.29. The summed E-state index contributed by atoms with van der Waals surface area (Å²) in [7, 11) is 4.21. The maximum atomic E-state index is 12.8. The first-order valence-electron chi connectivity index (χ1n) is 8.71. The van der Waals surface area contributed by atoms with E-state index in [4.69, 9.17) is 0 Å². The summed E-state index contributed by atoms with van der Waals surface area (Å²) in [5.41, 5.74) is 1.61. The SMILES string of the molecule is CN(C)C1CCN(C(=O)c2ccn(-c3ccc4ccccn34)n2)CC1. The molecule has 0 aliphatic carbocycles. The number of rotatable bonds is 3. The number of carbonyl (C=O) groups excluding carboxylic acids is 1. The van der Waals surface area contributed by atoms with Crippen LogP contribution in [0.25, 0.3) is 11.3 Å². The van der Waals surface area contributed by atoms with Crippen molar-refractivity contribution >= 4 is 11.4 Å². The number of likely N-dealkylation sites (tertiary alicyclic amines) is 1. The molecule has 25 heavy (non-hydrogen) atoms. The van der Waals surface area contributed by atoms with Gasteiger partial charge in [-0.2, -0.15) is 5.10 Å². The largest absolute Gasteiger partial charge is 0.337 e. The zero-order chi connectivity index (χ0) is 17.4. The van der Waals surface area contributed by atoms with Crippen LogP contribution in [0.5, 0.6) is 0 Å². The highest BCUT2D eigenvalue weighted by Gasteiger charge is 2.25. The highest BCUT2D eigenvalue weighted by Crippen LogP contribution is 2.18. The van der Waals surface area contributed by atoms with E-state index in [9.17, 15) is 4.79 Å². The van der Waals surface area contributed by atoms with Crippen LogP contribution in [0.15, 0.2) is 48.8 Å². The van der Waals surface area contributed by atoms with E-state index in [2.05, 4.69) is 28.5 Å². The van der Waals surface area contributed by atoms with Crippen LogP contribution in [0.1, 0.15) is 23.3 Å². The van der Waals surface area contributed by atoms with Crippen LogP contribution in [0.2, 0.25) is 0 Å². The molecule has 0 radical (unpaired) electrons. The Kier molecular flexibility index (Phi) is 4.05. The number of piperidine rings is 1. The number of amides is 1. The van der Waals surface area contributed by atoms with E-state index in [1.807, 2.05) is 53.7 Å². The van der Waals surface area contributed by atoms with Crippen molar-refractivity contribution in [1.29, 1.82) is 0 Å². The van der Waals surface area contributed by atoms with Gasteiger partial charge in [0, 0.05) is 37.0 Å². The summed E-state index contributed by atoms with van der Waals surface area (Å²) >= 11 is 0. The van der Waals surface area contributed by atoms with E-state index >= 15 is 0 Å². The summed E-state index contributed by atoms with van der Waals surface area (Å²) < 4.78 is 3.83. The molecule has 4 heterocycles. The Bertz CT molecular complexity index is 886. The summed E-state index contributed by atoms with van der Waals surface area (Å²) in [6.07, 6.45) is 5.89.